The Hall–Kier alpha value is -1.41. The molecular weight excluding hydrogens is 270 g/mol. The second kappa shape index (κ2) is 6.50. The van der Waals surface area contributed by atoms with Crippen molar-refractivity contribution in [3.8, 4) is 0 Å². The van der Waals surface area contributed by atoms with Crippen molar-refractivity contribution in [1.82, 2.24) is 25.7 Å². The molecule has 18 heavy (non-hydrogen) atoms. The molecule has 1 aliphatic rings. The zero-order valence-electron chi connectivity index (χ0n) is 9.63. The molecular formula is C10H13N5OS2. The number of nitrogens with zero attached hydrogens (tertiary/aromatic N) is 3. The summed E-state index contributed by atoms with van der Waals surface area (Å²) in [5.41, 5.74) is 5.50. The normalized spacial score (nSPS) is 15.0. The highest BCUT2D eigenvalue weighted by atomic mass is 32.2. The predicted molar refractivity (Wildman–Crippen MR) is 74.1 cm³/mol. The zero-order chi connectivity index (χ0) is 12.8. The largest absolute Gasteiger partial charge is 0.346 e. The third-order valence-corrected chi connectivity index (χ3v) is 3.68. The molecule has 1 aliphatic heterocycles. The molecule has 1 saturated heterocycles. The van der Waals surface area contributed by atoms with E-state index in [0.717, 1.165) is 24.6 Å². The van der Waals surface area contributed by atoms with Crippen molar-refractivity contribution >= 4 is 35.0 Å². The number of carbonyl (C=O) groups excluding carboxylic acids is 1. The molecule has 1 aromatic rings. The molecule has 8 heteroatoms. The van der Waals surface area contributed by atoms with Crippen LogP contribution in [-0.4, -0.2) is 50.5 Å². The number of aromatic nitrogens is 2. The van der Waals surface area contributed by atoms with E-state index in [1.165, 1.54) is 18.6 Å². The van der Waals surface area contributed by atoms with Crippen LogP contribution < -0.4 is 10.9 Å². The van der Waals surface area contributed by atoms with Gasteiger partial charge in [0, 0.05) is 37.0 Å². The SMILES string of the molecule is O=C(NNC(=S)N1CCSCC1)c1cnccn1. The van der Waals surface area contributed by atoms with Gasteiger partial charge in [0.1, 0.15) is 5.69 Å². The molecule has 6 nitrogen and oxygen atoms in total. The monoisotopic (exact) mass is 283 g/mol. The Balaban J connectivity index is 1.80. The highest BCUT2D eigenvalue weighted by Crippen LogP contribution is 2.08. The minimum atomic E-state index is -0.350. The quantitative estimate of drug-likeness (QED) is 0.557. The van der Waals surface area contributed by atoms with Crippen LogP contribution >= 0.6 is 24.0 Å². The minimum absolute atomic E-state index is 0.252. The highest BCUT2D eigenvalue weighted by Gasteiger charge is 2.14. The van der Waals surface area contributed by atoms with Crippen LogP contribution in [0.15, 0.2) is 18.6 Å². The first-order chi connectivity index (χ1) is 8.77. The Bertz CT molecular complexity index is 422. The van der Waals surface area contributed by atoms with Crippen LogP contribution in [0.25, 0.3) is 0 Å². The number of thioether (sulfide) groups is 1. The van der Waals surface area contributed by atoms with Crippen LogP contribution in [0, 0.1) is 0 Å². The van der Waals surface area contributed by atoms with Crippen molar-refractivity contribution in [3.05, 3.63) is 24.3 Å². The summed E-state index contributed by atoms with van der Waals surface area (Å²) < 4.78 is 0. The number of thiocarbonyl (C=S) groups is 1. The number of nitrogens with one attached hydrogen (secondary N) is 2. The van der Waals surface area contributed by atoms with Gasteiger partial charge in [0.2, 0.25) is 0 Å². The first kappa shape index (κ1) is 13.0. The van der Waals surface area contributed by atoms with Crippen LogP contribution in [0.4, 0.5) is 0 Å². The van der Waals surface area contributed by atoms with Crippen molar-refractivity contribution in [1.29, 1.82) is 0 Å². The molecule has 0 aromatic carbocycles. The second-order valence-corrected chi connectivity index (χ2v) is 5.19. The van der Waals surface area contributed by atoms with E-state index in [9.17, 15) is 4.79 Å². The molecule has 2 rings (SSSR count). The molecule has 1 amide bonds. The average Bonchev–Trinajstić information content (AvgIpc) is 2.46. The smallest absolute Gasteiger partial charge is 0.289 e. The van der Waals surface area contributed by atoms with Crippen molar-refractivity contribution in [2.75, 3.05) is 24.6 Å². The molecule has 0 atom stereocenters. The number of amides is 1. The van der Waals surface area contributed by atoms with E-state index in [-0.39, 0.29) is 11.6 Å². The van der Waals surface area contributed by atoms with Gasteiger partial charge >= 0.3 is 0 Å². The standard InChI is InChI=1S/C10H13N5OS2/c16-9(8-7-11-1-2-12-8)13-14-10(17)15-3-5-18-6-4-15/h1-2,7H,3-6H2,(H,13,16)(H,14,17). The first-order valence-corrected chi connectivity index (χ1v) is 7.02. The van der Waals surface area contributed by atoms with E-state index < -0.39 is 0 Å². The van der Waals surface area contributed by atoms with Gasteiger partial charge in [-0.25, -0.2) is 4.98 Å². The zero-order valence-corrected chi connectivity index (χ0v) is 11.3. The lowest BCUT2D eigenvalue weighted by Crippen LogP contribution is -2.51. The fourth-order valence-electron chi connectivity index (χ4n) is 1.44. The van der Waals surface area contributed by atoms with Gasteiger partial charge < -0.3 is 4.90 Å². The Morgan fingerprint density at radius 2 is 2.11 bits per heavy atom. The molecule has 1 fully saturated rings. The van der Waals surface area contributed by atoms with E-state index in [0.29, 0.717) is 5.11 Å². The topological polar surface area (TPSA) is 70.2 Å². The first-order valence-electron chi connectivity index (χ1n) is 5.46. The van der Waals surface area contributed by atoms with Crippen molar-refractivity contribution < 1.29 is 4.79 Å². The maximum atomic E-state index is 11.7. The van der Waals surface area contributed by atoms with E-state index in [1.807, 2.05) is 16.7 Å². The van der Waals surface area contributed by atoms with Gasteiger partial charge in [-0.3, -0.25) is 20.6 Å². The number of hydrogen-bond donors (Lipinski definition) is 2. The summed E-state index contributed by atoms with van der Waals surface area (Å²) in [5.74, 6) is 1.76. The Kier molecular flexibility index (Phi) is 4.71. The fourth-order valence-corrected chi connectivity index (χ4v) is 2.57. The number of hydrazine groups is 1. The molecule has 0 spiro atoms. The molecule has 0 aliphatic carbocycles. The minimum Gasteiger partial charge on any atom is -0.346 e. The van der Waals surface area contributed by atoms with Crippen molar-refractivity contribution in [2.45, 2.75) is 0 Å². The van der Waals surface area contributed by atoms with E-state index in [1.54, 1.807) is 0 Å². The summed E-state index contributed by atoms with van der Waals surface area (Å²) in [6.07, 6.45) is 4.38. The van der Waals surface area contributed by atoms with Gasteiger partial charge in [-0.1, -0.05) is 0 Å². The molecule has 1 aromatic heterocycles. The summed E-state index contributed by atoms with van der Waals surface area (Å²) in [4.78, 5) is 21.4. The predicted octanol–water partition coefficient (Wildman–Crippen LogP) is 0.0447. The van der Waals surface area contributed by atoms with Crippen LogP contribution in [0.5, 0.6) is 0 Å². The number of hydrogen-bond acceptors (Lipinski definition) is 5. The molecule has 0 saturated carbocycles. The lowest BCUT2D eigenvalue weighted by Gasteiger charge is -2.28. The van der Waals surface area contributed by atoms with Crippen molar-refractivity contribution in [2.24, 2.45) is 0 Å². The summed E-state index contributed by atoms with van der Waals surface area (Å²) in [5, 5.41) is 0.535. The van der Waals surface area contributed by atoms with Gasteiger partial charge in [-0.2, -0.15) is 11.8 Å². The third kappa shape index (κ3) is 3.54. The van der Waals surface area contributed by atoms with Crippen LogP contribution in [-0.2, 0) is 0 Å². The van der Waals surface area contributed by atoms with E-state index in [4.69, 9.17) is 12.2 Å². The summed E-state index contributed by atoms with van der Waals surface area (Å²) in [7, 11) is 0. The molecule has 0 radical (unpaired) electrons. The van der Waals surface area contributed by atoms with Crippen LogP contribution in [0.2, 0.25) is 0 Å². The van der Waals surface area contributed by atoms with Gasteiger partial charge in [0.15, 0.2) is 5.11 Å². The maximum Gasteiger partial charge on any atom is 0.289 e. The van der Waals surface area contributed by atoms with Gasteiger partial charge in [0.05, 0.1) is 6.20 Å². The van der Waals surface area contributed by atoms with Gasteiger partial charge in [-0.15, -0.1) is 0 Å². The molecule has 96 valence electrons. The van der Waals surface area contributed by atoms with Gasteiger partial charge in [-0.05, 0) is 12.2 Å². The Morgan fingerprint density at radius 3 is 2.78 bits per heavy atom. The van der Waals surface area contributed by atoms with Crippen LogP contribution in [0.1, 0.15) is 10.5 Å². The second-order valence-electron chi connectivity index (χ2n) is 3.57. The molecule has 2 heterocycles. The maximum absolute atomic E-state index is 11.7. The fraction of sp³-hybridized carbons (Fsp3) is 0.400. The van der Waals surface area contributed by atoms with Gasteiger partial charge in [0.25, 0.3) is 5.91 Å². The summed E-state index contributed by atoms with van der Waals surface area (Å²) in [6, 6.07) is 0. The average molecular weight is 283 g/mol. The lowest BCUT2D eigenvalue weighted by molar-refractivity contribution is 0.0937. The third-order valence-electron chi connectivity index (χ3n) is 2.38. The number of carbonyl (C=O) groups is 1. The van der Waals surface area contributed by atoms with Crippen molar-refractivity contribution in [3.63, 3.8) is 0 Å². The number of rotatable bonds is 1. The van der Waals surface area contributed by atoms with Crippen LogP contribution in [0.3, 0.4) is 0 Å². The highest BCUT2D eigenvalue weighted by molar-refractivity contribution is 7.99. The van der Waals surface area contributed by atoms with E-state index in [2.05, 4.69) is 20.8 Å². The lowest BCUT2D eigenvalue weighted by atomic mass is 10.4. The Morgan fingerprint density at radius 1 is 1.33 bits per heavy atom. The molecule has 0 unspecified atom stereocenters. The molecule has 0 bridgehead atoms. The molecule has 2 N–H and O–H groups in total. The summed E-state index contributed by atoms with van der Waals surface area (Å²) >= 11 is 7.10. The summed E-state index contributed by atoms with van der Waals surface area (Å²) in [6.45, 7) is 1.80. The van der Waals surface area contributed by atoms with E-state index >= 15 is 0 Å². The Labute approximate surface area is 115 Å².